The van der Waals surface area contributed by atoms with E-state index >= 15 is 0 Å². The Morgan fingerprint density at radius 2 is 1.84 bits per heavy atom. The van der Waals surface area contributed by atoms with Crippen molar-refractivity contribution in [2.45, 2.75) is 6.42 Å². The average Bonchev–Trinajstić information content (AvgIpc) is 2.37. The van der Waals surface area contributed by atoms with Gasteiger partial charge in [-0.25, -0.2) is 0 Å². The zero-order valence-electron chi connectivity index (χ0n) is 10.4. The summed E-state index contributed by atoms with van der Waals surface area (Å²) in [5.41, 5.74) is 10.8. The fourth-order valence-electron chi connectivity index (χ4n) is 1.28. The maximum absolute atomic E-state index is 11.2. The Morgan fingerprint density at radius 3 is 2.37 bits per heavy atom. The van der Waals surface area contributed by atoms with Crippen molar-refractivity contribution in [1.29, 1.82) is 0 Å². The smallest absolute Gasteiger partial charge is 0.248 e. The molecule has 1 rings (SSSR count). The molecule has 6 nitrogen and oxygen atoms in total. The lowest BCUT2D eigenvalue weighted by Crippen LogP contribution is -2.29. The van der Waals surface area contributed by atoms with Gasteiger partial charge >= 0.3 is 0 Å². The first kappa shape index (κ1) is 17.2. The highest BCUT2D eigenvalue weighted by atomic mass is 35.5. The first-order chi connectivity index (χ1) is 8.63. The summed E-state index contributed by atoms with van der Waals surface area (Å²) in [5.74, 6) is 0.00328. The largest absolute Gasteiger partial charge is 0.493 e. The summed E-state index contributed by atoms with van der Waals surface area (Å²) in [7, 11) is 0. The van der Waals surface area contributed by atoms with Crippen LogP contribution in [0.3, 0.4) is 0 Å². The van der Waals surface area contributed by atoms with E-state index in [-0.39, 0.29) is 31.3 Å². The molecule has 1 aromatic carbocycles. The summed E-state index contributed by atoms with van der Waals surface area (Å²) >= 11 is 0. The summed E-state index contributed by atoms with van der Waals surface area (Å²) in [6.45, 7) is 1.15. The molecule has 0 spiro atoms. The number of carbonyl (C=O) groups is 2. The van der Waals surface area contributed by atoms with Crippen LogP contribution in [0.1, 0.15) is 16.8 Å². The zero-order chi connectivity index (χ0) is 13.4. The summed E-state index contributed by atoms with van der Waals surface area (Å²) in [5, 5.41) is 2.64. The van der Waals surface area contributed by atoms with Crippen LogP contribution in [0.2, 0.25) is 0 Å². The molecule has 0 aliphatic carbocycles. The molecule has 0 heterocycles. The van der Waals surface area contributed by atoms with Crippen LogP contribution in [-0.4, -0.2) is 31.5 Å². The van der Waals surface area contributed by atoms with E-state index in [1.54, 1.807) is 24.3 Å². The second-order valence-electron chi connectivity index (χ2n) is 3.63. The molecule has 0 saturated carbocycles. The van der Waals surface area contributed by atoms with Crippen LogP contribution in [-0.2, 0) is 4.79 Å². The topological polar surface area (TPSA) is 107 Å². The van der Waals surface area contributed by atoms with Crippen molar-refractivity contribution in [3.8, 4) is 5.75 Å². The van der Waals surface area contributed by atoms with Gasteiger partial charge in [-0.1, -0.05) is 0 Å². The Kier molecular flexibility index (Phi) is 8.32. The number of carbonyl (C=O) groups excluding carboxylic acids is 2. The van der Waals surface area contributed by atoms with Crippen molar-refractivity contribution < 1.29 is 14.3 Å². The quantitative estimate of drug-likeness (QED) is 0.658. The lowest BCUT2D eigenvalue weighted by molar-refractivity contribution is -0.121. The van der Waals surface area contributed by atoms with E-state index < -0.39 is 5.91 Å². The summed E-state index contributed by atoms with van der Waals surface area (Å²) in [6, 6.07) is 6.42. The van der Waals surface area contributed by atoms with Gasteiger partial charge in [0.05, 0.1) is 13.0 Å². The lowest BCUT2D eigenvalue weighted by atomic mass is 10.2. The number of rotatable bonds is 7. The number of ether oxygens (including phenoxy) is 1. The molecule has 0 radical (unpaired) electrons. The van der Waals surface area contributed by atoms with Gasteiger partial charge in [-0.15, -0.1) is 12.4 Å². The van der Waals surface area contributed by atoms with Gasteiger partial charge in [-0.2, -0.15) is 0 Å². The van der Waals surface area contributed by atoms with Gasteiger partial charge in [-0.05, 0) is 24.3 Å². The van der Waals surface area contributed by atoms with Crippen molar-refractivity contribution in [3.63, 3.8) is 0 Å². The van der Waals surface area contributed by atoms with Gasteiger partial charge in [0.1, 0.15) is 5.75 Å². The molecule has 0 unspecified atom stereocenters. The van der Waals surface area contributed by atoms with E-state index in [0.29, 0.717) is 24.4 Å². The normalized spacial score (nSPS) is 9.32. The molecule has 0 saturated heterocycles. The molecule has 0 aliphatic rings. The zero-order valence-corrected chi connectivity index (χ0v) is 11.2. The Bertz CT molecular complexity index is 409. The molecule has 5 N–H and O–H groups in total. The standard InChI is InChI=1S/C12H17N3O3.ClH/c13-6-7-15-11(16)5-8-18-10-3-1-9(2-4-10)12(14)17;/h1-4H,5-8,13H2,(H2,14,17)(H,15,16);1H. The van der Waals surface area contributed by atoms with E-state index in [2.05, 4.69) is 5.32 Å². The van der Waals surface area contributed by atoms with Crippen molar-refractivity contribution in [3.05, 3.63) is 29.8 Å². The molecule has 0 fully saturated rings. The van der Waals surface area contributed by atoms with Crippen molar-refractivity contribution >= 4 is 24.2 Å². The van der Waals surface area contributed by atoms with Gasteiger partial charge in [-0.3, -0.25) is 9.59 Å². The SMILES string of the molecule is Cl.NCCNC(=O)CCOc1ccc(C(N)=O)cc1. The van der Waals surface area contributed by atoms with E-state index in [4.69, 9.17) is 16.2 Å². The van der Waals surface area contributed by atoms with Crippen LogP contribution >= 0.6 is 12.4 Å². The number of hydrogen-bond acceptors (Lipinski definition) is 4. The maximum atomic E-state index is 11.2. The van der Waals surface area contributed by atoms with Crippen molar-refractivity contribution in [2.75, 3.05) is 19.7 Å². The van der Waals surface area contributed by atoms with Gasteiger partial charge in [0, 0.05) is 18.7 Å². The van der Waals surface area contributed by atoms with E-state index in [0.717, 1.165) is 0 Å². The number of nitrogens with two attached hydrogens (primary N) is 2. The molecule has 106 valence electrons. The highest BCUT2D eigenvalue weighted by Gasteiger charge is 2.02. The average molecular weight is 288 g/mol. The molecule has 0 aromatic heterocycles. The maximum Gasteiger partial charge on any atom is 0.248 e. The first-order valence-electron chi connectivity index (χ1n) is 5.63. The summed E-state index contributed by atoms with van der Waals surface area (Å²) in [6.07, 6.45) is 0.261. The van der Waals surface area contributed by atoms with Crippen LogP contribution in [0.5, 0.6) is 5.75 Å². The fraction of sp³-hybridized carbons (Fsp3) is 0.333. The molecular weight excluding hydrogens is 270 g/mol. The Hall–Kier alpha value is -1.79. The number of primary amides is 1. The van der Waals surface area contributed by atoms with Gasteiger partial charge in [0.15, 0.2) is 0 Å². The number of benzene rings is 1. The number of hydrogen-bond donors (Lipinski definition) is 3. The minimum Gasteiger partial charge on any atom is -0.493 e. The van der Waals surface area contributed by atoms with E-state index in [1.807, 2.05) is 0 Å². The molecule has 1 aromatic rings. The van der Waals surface area contributed by atoms with Crippen LogP contribution < -0.4 is 21.5 Å². The highest BCUT2D eigenvalue weighted by Crippen LogP contribution is 2.11. The van der Waals surface area contributed by atoms with E-state index in [1.165, 1.54) is 0 Å². The molecule has 19 heavy (non-hydrogen) atoms. The van der Waals surface area contributed by atoms with Gasteiger partial charge < -0.3 is 21.5 Å². The molecule has 7 heteroatoms. The first-order valence-corrected chi connectivity index (χ1v) is 5.63. The van der Waals surface area contributed by atoms with Crippen LogP contribution in [0, 0.1) is 0 Å². The monoisotopic (exact) mass is 287 g/mol. The minimum atomic E-state index is -0.484. The molecule has 0 bridgehead atoms. The second kappa shape index (κ2) is 9.18. The van der Waals surface area contributed by atoms with Gasteiger partial charge in [0.2, 0.25) is 11.8 Å². The summed E-state index contributed by atoms with van der Waals surface area (Å²) in [4.78, 5) is 22.1. The highest BCUT2D eigenvalue weighted by molar-refractivity contribution is 5.92. The minimum absolute atomic E-state index is 0. The Labute approximate surface area is 117 Å². The van der Waals surface area contributed by atoms with E-state index in [9.17, 15) is 9.59 Å². The number of nitrogens with one attached hydrogen (secondary N) is 1. The Balaban J connectivity index is 0.00000324. The third-order valence-corrected chi connectivity index (χ3v) is 2.20. The van der Waals surface area contributed by atoms with Crippen LogP contribution in [0.25, 0.3) is 0 Å². The summed E-state index contributed by atoms with van der Waals surface area (Å²) < 4.78 is 5.35. The third-order valence-electron chi connectivity index (χ3n) is 2.20. The predicted molar refractivity (Wildman–Crippen MR) is 74.4 cm³/mol. The van der Waals surface area contributed by atoms with Crippen molar-refractivity contribution in [1.82, 2.24) is 5.32 Å². The number of halogens is 1. The predicted octanol–water partition coefficient (Wildman–Crippen LogP) is 0.0511. The lowest BCUT2D eigenvalue weighted by Gasteiger charge is -2.06. The van der Waals surface area contributed by atoms with Crippen LogP contribution in [0.4, 0.5) is 0 Å². The van der Waals surface area contributed by atoms with Crippen LogP contribution in [0.15, 0.2) is 24.3 Å². The van der Waals surface area contributed by atoms with Crippen molar-refractivity contribution in [2.24, 2.45) is 11.5 Å². The molecule has 0 aliphatic heterocycles. The number of amides is 2. The molecular formula is C12H18ClN3O3. The molecule has 2 amide bonds. The Morgan fingerprint density at radius 1 is 1.21 bits per heavy atom. The second-order valence-corrected chi connectivity index (χ2v) is 3.63. The fourth-order valence-corrected chi connectivity index (χ4v) is 1.28. The van der Waals surface area contributed by atoms with Gasteiger partial charge in [0.25, 0.3) is 0 Å². The third kappa shape index (κ3) is 6.64. The molecule has 0 atom stereocenters.